The molecule has 1 aliphatic rings. The lowest BCUT2D eigenvalue weighted by Gasteiger charge is -2.18. The third-order valence-corrected chi connectivity index (χ3v) is 6.21. The van der Waals surface area contributed by atoms with Crippen molar-refractivity contribution in [3.05, 3.63) is 28.2 Å². The van der Waals surface area contributed by atoms with E-state index in [0.29, 0.717) is 16.6 Å². The molecule has 0 heterocycles. The van der Waals surface area contributed by atoms with Crippen molar-refractivity contribution in [1.29, 1.82) is 0 Å². The van der Waals surface area contributed by atoms with E-state index in [2.05, 4.69) is 44.7 Å². The van der Waals surface area contributed by atoms with E-state index >= 15 is 0 Å². The summed E-state index contributed by atoms with van der Waals surface area (Å²) in [5.74, 6) is -0.280. The van der Waals surface area contributed by atoms with Crippen molar-refractivity contribution < 1.29 is 13.2 Å². The van der Waals surface area contributed by atoms with Gasteiger partial charge in [0.15, 0.2) is 0 Å². The number of halogens is 1. The predicted molar refractivity (Wildman–Crippen MR) is 97.6 cm³/mol. The molecular formula is C16H24BrN3O3S. The Kier molecular flexibility index (Phi) is 6.79. The Balaban J connectivity index is 2.06. The maximum absolute atomic E-state index is 12.4. The van der Waals surface area contributed by atoms with Gasteiger partial charge >= 0.3 is 0 Å². The summed E-state index contributed by atoms with van der Waals surface area (Å²) in [4.78, 5) is 14.7. The number of rotatable bonds is 9. The minimum absolute atomic E-state index is 0.0324. The van der Waals surface area contributed by atoms with Crippen molar-refractivity contribution in [2.75, 3.05) is 26.2 Å². The average molecular weight is 418 g/mol. The Bertz CT molecular complexity index is 686. The van der Waals surface area contributed by atoms with Gasteiger partial charge in [0.05, 0.1) is 10.5 Å². The van der Waals surface area contributed by atoms with E-state index in [4.69, 9.17) is 0 Å². The van der Waals surface area contributed by atoms with Crippen LogP contribution in [0.15, 0.2) is 27.6 Å². The highest BCUT2D eigenvalue weighted by Crippen LogP contribution is 2.25. The monoisotopic (exact) mass is 417 g/mol. The van der Waals surface area contributed by atoms with Gasteiger partial charge in [0.25, 0.3) is 5.91 Å². The summed E-state index contributed by atoms with van der Waals surface area (Å²) in [6, 6.07) is 4.55. The lowest BCUT2D eigenvalue weighted by Crippen LogP contribution is -2.35. The SMILES string of the molecule is CCN(CC)CCNC(=O)c1cc(S(=O)(=O)NC2CC2)ccc1Br. The minimum atomic E-state index is -3.57. The number of sulfonamides is 1. The van der Waals surface area contributed by atoms with Crippen molar-refractivity contribution >= 4 is 31.9 Å². The second kappa shape index (κ2) is 8.42. The molecule has 24 heavy (non-hydrogen) atoms. The van der Waals surface area contributed by atoms with Crippen LogP contribution in [0.5, 0.6) is 0 Å². The van der Waals surface area contributed by atoms with Crippen LogP contribution in [0.1, 0.15) is 37.0 Å². The molecule has 0 spiro atoms. The summed E-state index contributed by atoms with van der Waals surface area (Å²) < 4.78 is 27.8. The second-order valence-electron chi connectivity index (χ2n) is 5.82. The van der Waals surface area contributed by atoms with Gasteiger partial charge in [-0.2, -0.15) is 0 Å². The molecule has 2 rings (SSSR count). The molecule has 6 nitrogen and oxygen atoms in total. The molecule has 0 radical (unpaired) electrons. The maximum Gasteiger partial charge on any atom is 0.252 e. The largest absolute Gasteiger partial charge is 0.351 e. The van der Waals surface area contributed by atoms with Crippen LogP contribution in [-0.4, -0.2) is 51.4 Å². The number of benzene rings is 1. The van der Waals surface area contributed by atoms with E-state index < -0.39 is 10.0 Å². The number of nitrogens with one attached hydrogen (secondary N) is 2. The first kappa shape index (κ1) is 19.4. The predicted octanol–water partition coefficient (Wildman–Crippen LogP) is 1.96. The van der Waals surface area contributed by atoms with Crippen LogP contribution in [0.25, 0.3) is 0 Å². The summed E-state index contributed by atoms with van der Waals surface area (Å²) in [7, 11) is -3.57. The number of hydrogen-bond donors (Lipinski definition) is 2. The van der Waals surface area contributed by atoms with Crippen molar-refractivity contribution in [2.45, 2.75) is 37.6 Å². The molecule has 1 aromatic carbocycles. The second-order valence-corrected chi connectivity index (χ2v) is 8.39. The summed E-state index contributed by atoms with van der Waals surface area (Å²) in [6.45, 7) is 7.28. The normalized spacial score (nSPS) is 14.8. The maximum atomic E-state index is 12.4. The molecule has 0 aromatic heterocycles. The molecule has 0 atom stereocenters. The van der Waals surface area contributed by atoms with Crippen molar-refractivity contribution in [3.8, 4) is 0 Å². The number of carbonyl (C=O) groups is 1. The first-order valence-electron chi connectivity index (χ1n) is 8.19. The van der Waals surface area contributed by atoms with Crippen molar-refractivity contribution in [3.63, 3.8) is 0 Å². The third-order valence-electron chi connectivity index (χ3n) is 4.00. The van der Waals surface area contributed by atoms with E-state index in [9.17, 15) is 13.2 Å². The van der Waals surface area contributed by atoms with E-state index in [1.54, 1.807) is 6.07 Å². The highest BCUT2D eigenvalue weighted by Gasteiger charge is 2.28. The zero-order chi connectivity index (χ0) is 17.7. The Morgan fingerprint density at radius 3 is 2.54 bits per heavy atom. The molecule has 134 valence electrons. The van der Waals surface area contributed by atoms with E-state index in [0.717, 1.165) is 32.5 Å². The van der Waals surface area contributed by atoms with Gasteiger partial charge in [0.1, 0.15) is 0 Å². The van der Waals surface area contributed by atoms with Crippen LogP contribution < -0.4 is 10.0 Å². The quantitative estimate of drug-likeness (QED) is 0.643. The van der Waals surface area contributed by atoms with E-state index in [-0.39, 0.29) is 16.8 Å². The summed E-state index contributed by atoms with van der Waals surface area (Å²) in [6.07, 6.45) is 1.74. The molecule has 1 amide bonds. The van der Waals surface area contributed by atoms with E-state index in [1.165, 1.54) is 12.1 Å². The fourth-order valence-electron chi connectivity index (χ4n) is 2.30. The van der Waals surface area contributed by atoms with Gasteiger partial charge in [0.2, 0.25) is 10.0 Å². The van der Waals surface area contributed by atoms with Gasteiger partial charge in [0, 0.05) is 23.6 Å². The first-order chi connectivity index (χ1) is 11.4. The lowest BCUT2D eigenvalue weighted by molar-refractivity contribution is 0.0948. The fourth-order valence-corrected chi connectivity index (χ4v) is 4.05. The Morgan fingerprint density at radius 2 is 1.96 bits per heavy atom. The highest BCUT2D eigenvalue weighted by molar-refractivity contribution is 9.10. The molecule has 2 N–H and O–H groups in total. The van der Waals surface area contributed by atoms with Gasteiger partial charge in [-0.3, -0.25) is 4.79 Å². The van der Waals surface area contributed by atoms with Crippen LogP contribution in [-0.2, 0) is 10.0 Å². The molecule has 0 aliphatic heterocycles. The average Bonchev–Trinajstić information content (AvgIpc) is 3.34. The van der Waals surface area contributed by atoms with E-state index in [1.807, 2.05) is 0 Å². The first-order valence-corrected chi connectivity index (χ1v) is 10.5. The minimum Gasteiger partial charge on any atom is -0.351 e. The van der Waals surface area contributed by atoms with Crippen molar-refractivity contribution in [2.24, 2.45) is 0 Å². The molecular weight excluding hydrogens is 394 g/mol. The van der Waals surface area contributed by atoms with Crippen LogP contribution in [0.2, 0.25) is 0 Å². The van der Waals surface area contributed by atoms with Crippen LogP contribution >= 0.6 is 15.9 Å². The number of hydrogen-bond acceptors (Lipinski definition) is 4. The molecule has 0 saturated heterocycles. The molecule has 1 aliphatic carbocycles. The van der Waals surface area contributed by atoms with Gasteiger partial charge < -0.3 is 10.2 Å². The topological polar surface area (TPSA) is 78.5 Å². The number of likely N-dealkylation sites (N-methyl/N-ethyl adjacent to an activating group) is 1. The highest BCUT2D eigenvalue weighted by atomic mass is 79.9. The number of carbonyl (C=O) groups excluding carboxylic acids is 1. The fraction of sp³-hybridized carbons (Fsp3) is 0.562. The molecule has 1 saturated carbocycles. The van der Waals surface area contributed by atoms with Crippen LogP contribution in [0.3, 0.4) is 0 Å². The standard InChI is InChI=1S/C16H24BrN3O3S/c1-3-20(4-2)10-9-18-16(21)14-11-13(7-8-15(14)17)24(22,23)19-12-5-6-12/h7-8,11-12,19H,3-6,9-10H2,1-2H3,(H,18,21). The molecule has 0 bridgehead atoms. The Hall–Kier alpha value is -0.960. The number of amides is 1. The third kappa shape index (κ3) is 5.27. The zero-order valence-corrected chi connectivity index (χ0v) is 16.4. The molecule has 1 aromatic rings. The van der Waals surface area contributed by atoms with Gasteiger partial charge in [-0.05, 0) is 60.1 Å². The lowest BCUT2D eigenvalue weighted by atomic mass is 10.2. The van der Waals surface area contributed by atoms with Gasteiger partial charge in [-0.15, -0.1) is 0 Å². The Labute approximate surface area is 152 Å². The summed E-state index contributed by atoms with van der Waals surface area (Å²) in [5, 5.41) is 2.84. The van der Waals surface area contributed by atoms with Crippen molar-refractivity contribution in [1.82, 2.24) is 14.9 Å². The zero-order valence-electron chi connectivity index (χ0n) is 14.0. The number of nitrogens with zero attached hydrogens (tertiary/aromatic N) is 1. The Morgan fingerprint density at radius 1 is 1.29 bits per heavy atom. The van der Waals surface area contributed by atoms with Crippen LogP contribution in [0.4, 0.5) is 0 Å². The van der Waals surface area contributed by atoms with Gasteiger partial charge in [-0.1, -0.05) is 13.8 Å². The van der Waals surface area contributed by atoms with Crippen LogP contribution in [0, 0.1) is 0 Å². The summed E-state index contributed by atoms with van der Waals surface area (Å²) in [5.41, 5.74) is 0.327. The van der Waals surface area contributed by atoms with Gasteiger partial charge in [-0.25, -0.2) is 13.1 Å². The molecule has 8 heteroatoms. The molecule has 1 fully saturated rings. The smallest absolute Gasteiger partial charge is 0.252 e. The molecule has 0 unspecified atom stereocenters. The summed E-state index contributed by atoms with van der Waals surface area (Å²) >= 11 is 3.32.